The Labute approximate surface area is 194 Å². The molecule has 2 N–H and O–H groups in total. The molecule has 0 spiro atoms. The van der Waals surface area contributed by atoms with E-state index in [2.05, 4.69) is 26.6 Å². The third-order valence-corrected chi connectivity index (χ3v) is 5.53. The quantitative estimate of drug-likeness (QED) is 0.396. The van der Waals surface area contributed by atoms with E-state index in [1.54, 1.807) is 18.2 Å². The lowest BCUT2D eigenvalue weighted by Gasteiger charge is -2.15. The molecule has 0 aliphatic carbocycles. The summed E-state index contributed by atoms with van der Waals surface area (Å²) in [5.74, 6) is 0.136. The standard InChI is InChI=1S/C23H20BrClN2O2S/c1-15-19(25)8-5-9-20(15)26-23(30)27-22(28)18-14-17(24)10-11-21(18)29-13-12-16-6-3-2-4-7-16/h2-11,14H,12-13H2,1H3,(H2,26,27,28,30). The number of carbonyl (C=O) groups excluding carboxylic acids is 1. The zero-order valence-corrected chi connectivity index (χ0v) is 19.4. The van der Waals surface area contributed by atoms with E-state index < -0.39 is 0 Å². The van der Waals surface area contributed by atoms with Crippen LogP contribution in [0.1, 0.15) is 21.5 Å². The second kappa shape index (κ2) is 10.6. The molecule has 0 saturated heterocycles. The maximum atomic E-state index is 12.8. The second-order valence-corrected chi connectivity index (χ2v) is 8.28. The predicted molar refractivity (Wildman–Crippen MR) is 130 cm³/mol. The summed E-state index contributed by atoms with van der Waals surface area (Å²) >= 11 is 14.8. The van der Waals surface area contributed by atoms with Crippen molar-refractivity contribution in [3.05, 3.63) is 92.9 Å². The fraction of sp³-hybridized carbons (Fsp3) is 0.130. The number of anilines is 1. The molecule has 7 heteroatoms. The summed E-state index contributed by atoms with van der Waals surface area (Å²) in [6, 6.07) is 20.8. The number of ether oxygens (including phenoxy) is 1. The maximum Gasteiger partial charge on any atom is 0.261 e. The Morgan fingerprint density at radius 3 is 2.63 bits per heavy atom. The molecule has 30 heavy (non-hydrogen) atoms. The van der Waals surface area contributed by atoms with Crippen LogP contribution in [-0.2, 0) is 6.42 Å². The van der Waals surface area contributed by atoms with Crippen LogP contribution in [0.15, 0.2) is 71.2 Å². The predicted octanol–water partition coefficient (Wildman–Crippen LogP) is 6.16. The molecular weight excluding hydrogens is 484 g/mol. The third kappa shape index (κ3) is 6.05. The van der Waals surface area contributed by atoms with Crippen LogP contribution in [0, 0.1) is 6.92 Å². The van der Waals surface area contributed by atoms with Crippen molar-refractivity contribution in [3.8, 4) is 5.75 Å². The summed E-state index contributed by atoms with van der Waals surface area (Å²) in [6.45, 7) is 2.33. The van der Waals surface area contributed by atoms with Gasteiger partial charge in [-0.05, 0) is 60.6 Å². The van der Waals surface area contributed by atoms with Gasteiger partial charge < -0.3 is 10.1 Å². The number of hydrogen-bond acceptors (Lipinski definition) is 3. The summed E-state index contributed by atoms with van der Waals surface area (Å²) in [6.07, 6.45) is 0.742. The zero-order valence-electron chi connectivity index (χ0n) is 16.2. The highest BCUT2D eigenvalue weighted by Gasteiger charge is 2.15. The van der Waals surface area contributed by atoms with Crippen LogP contribution in [0.4, 0.5) is 5.69 Å². The van der Waals surface area contributed by atoms with Crippen LogP contribution < -0.4 is 15.4 Å². The number of benzene rings is 3. The first-order valence-electron chi connectivity index (χ1n) is 9.28. The van der Waals surface area contributed by atoms with Crippen molar-refractivity contribution < 1.29 is 9.53 Å². The molecule has 0 atom stereocenters. The molecule has 0 saturated carbocycles. The molecule has 0 bridgehead atoms. The van der Waals surface area contributed by atoms with Crippen molar-refractivity contribution in [2.45, 2.75) is 13.3 Å². The summed E-state index contributed by atoms with van der Waals surface area (Å²) in [5, 5.41) is 6.52. The molecule has 0 aliphatic heterocycles. The Bertz CT molecular complexity index is 1060. The van der Waals surface area contributed by atoms with Gasteiger partial charge in [0.15, 0.2) is 5.11 Å². The van der Waals surface area contributed by atoms with Gasteiger partial charge in [0.2, 0.25) is 0 Å². The van der Waals surface area contributed by atoms with E-state index in [9.17, 15) is 4.79 Å². The van der Waals surface area contributed by atoms with E-state index >= 15 is 0 Å². The van der Waals surface area contributed by atoms with E-state index in [0.717, 1.165) is 22.1 Å². The van der Waals surface area contributed by atoms with Crippen LogP contribution >= 0.6 is 39.7 Å². The lowest BCUT2D eigenvalue weighted by atomic mass is 10.1. The van der Waals surface area contributed by atoms with Gasteiger partial charge in [-0.25, -0.2) is 0 Å². The fourth-order valence-electron chi connectivity index (χ4n) is 2.80. The number of rotatable bonds is 6. The van der Waals surface area contributed by atoms with E-state index in [1.807, 2.05) is 55.5 Å². The Morgan fingerprint density at radius 1 is 1.10 bits per heavy atom. The first-order valence-corrected chi connectivity index (χ1v) is 10.9. The van der Waals surface area contributed by atoms with Crippen molar-refractivity contribution in [1.82, 2.24) is 5.32 Å². The Morgan fingerprint density at radius 2 is 1.87 bits per heavy atom. The number of carbonyl (C=O) groups is 1. The number of halogens is 2. The number of nitrogens with one attached hydrogen (secondary N) is 2. The fourth-order valence-corrected chi connectivity index (χ4v) is 3.53. The highest BCUT2D eigenvalue weighted by Crippen LogP contribution is 2.25. The second-order valence-electron chi connectivity index (χ2n) is 6.55. The Kier molecular flexibility index (Phi) is 7.85. The maximum absolute atomic E-state index is 12.8. The Balaban J connectivity index is 1.66. The average molecular weight is 504 g/mol. The molecule has 0 fully saturated rings. The summed E-state index contributed by atoms with van der Waals surface area (Å²) in [5.41, 5.74) is 3.15. The van der Waals surface area contributed by atoms with Crippen molar-refractivity contribution >= 4 is 56.5 Å². The van der Waals surface area contributed by atoms with Gasteiger partial charge in [-0.3, -0.25) is 10.1 Å². The van der Waals surface area contributed by atoms with Crippen LogP contribution in [0.25, 0.3) is 0 Å². The minimum absolute atomic E-state index is 0.181. The van der Waals surface area contributed by atoms with E-state index in [0.29, 0.717) is 22.9 Å². The lowest BCUT2D eigenvalue weighted by molar-refractivity contribution is 0.0973. The zero-order chi connectivity index (χ0) is 21.5. The molecule has 0 radical (unpaired) electrons. The molecule has 1 amide bonds. The van der Waals surface area contributed by atoms with Gasteiger partial charge in [0.05, 0.1) is 12.2 Å². The number of amides is 1. The van der Waals surface area contributed by atoms with Gasteiger partial charge in [0.1, 0.15) is 5.75 Å². The van der Waals surface area contributed by atoms with Crippen LogP contribution in [0.5, 0.6) is 5.75 Å². The van der Waals surface area contributed by atoms with Crippen LogP contribution in [-0.4, -0.2) is 17.6 Å². The van der Waals surface area contributed by atoms with Crippen molar-refractivity contribution in [3.63, 3.8) is 0 Å². The SMILES string of the molecule is Cc1c(Cl)cccc1NC(=S)NC(=O)c1cc(Br)ccc1OCCc1ccccc1. The molecule has 4 nitrogen and oxygen atoms in total. The molecule has 3 rings (SSSR count). The van der Waals surface area contributed by atoms with Crippen molar-refractivity contribution in [1.29, 1.82) is 0 Å². The van der Waals surface area contributed by atoms with Crippen LogP contribution in [0.3, 0.4) is 0 Å². The van der Waals surface area contributed by atoms with Crippen molar-refractivity contribution in [2.24, 2.45) is 0 Å². The molecule has 154 valence electrons. The molecule has 0 unspecified atom stereocenters. The molecule has 0 aromatic heterocycles. The number of thiocarbonyl (C=S) groups is 1. The lowest BCUT2D eigenvalue weighted by Crippen LogP contribution is -2.34. The number of hydrogen-bond donors (Lipinski definition) is 2. The first-order chi connectivity index (χ1) is 14.4. The van der Waals surface area contributed by atoms with Crippen molar-refractivity contribution in [2.75, 3.05) is 11.9 Å². The molecule has 0 heterocycles. The monoisotopic (exact) mass is 502 g/mol. The summed E-state index contributed by atoms with van der Waals surface area (Å²) in [4.78, 5) is 12.8. The third-order valence-electron chi connectivity index (χ3n) is 4.42. The average Bonchev–Trinajstić information content (AvgIpc) is 2.73. The van der Waals surface area contributed by atoms with Crippen LogP contribution in [0.2, 0.25) is 5.02 Å². The minimum Gasteiger partial charge on any atom is -0.492 e. The minimum atomic E-state index is -0.358. The topological polar surface area (TPSA) is 50.4 Å². The normalized spacial score (nSPS) is 10.4. The molecule has 3 aromatic carbocycles. The smallest absolute Gasteiger partial charge is 0.261 e. The van der Waals surface area contributed by atoms with Gasteiger partial charge >= 0.3 is 0 Å². The van der Waals surface area contributed by atoms with Gasteiger partial charge in [-0.1, -0.05) is 63.9 Å². The van der Waals surface area contributed by atoms with Gasteiger partial charge in [-0.2, -0.15) is 0 Å². The molecule has 0 aliphatic rings. The van der Waals surface area contributed by atoms with Gasteiger partial charge in [0, 0.05) is 21.6 Å². The van der Waals surface area contributed by atoms with E-state index in [1.165, 1.54) is 5.56 Å². The van der Waals surface area contributed by atoms with Gasteiger partial charge in [0.25, 0.3) is 5.91 Å². The Hall–Kier alpha value is -2.41. The van der Waals surface area contributed by atoms with E-state index in [-0.39, 0.29) is 11.0 Å². The molecular formula is C23H20BrClN2O2S. The van der Waals surface area contributed by atoms with Gasteiger partial charge in [-0.15, -0.1) is 0 Å². The summed E-state index contributed by atoms with van der Waals surface area (Å²) < 4.78 is 6.66. The van der Waals surface area contributed by atoms with E-state index in [4.69, 9.17) is 28.6 Å². The first kappa shape index (κ1) is 22.3. The highest BCUT2D eigenvalue weighted by atomic mass is 79.9. The molecule has 3 aromatic rings. The highest BCUT2D eigenvalue weighted by molar-refractivity contribution is 9.10. The summed E-state index contributed by atoms with van der Waals surface area (Å²) in [7, 11) is 0. The largest absolute Gasteiger partial charge is 0.492 e.